The van der Waals surface area contributed by atoms with E-state index in [2.05, 4.69) is 58.0 Å². The molecule has 0 bridgehead atoms. The predicted octanol–water partition coefficient (Wildman–Crippen LogP) is 5.10. The second-order valence-electron chi connectivity index (χ2n) is 5.51. The second-order valence-corrected chi connectivity index (χ2v) is 5.51. The van der Waals surface area contributed by atoms with Gasteiger partial charge in [0, 0.05) is 0 Å². The van der Waals surface area contributed by atoms with E-state index in [1.165, 1.54) is 21.9 Å². The Morgan fingerprint density at radius 1 is 0.833 bits per heavy atom. The van der Waals surface area contributed by atoms with E-state index in [-0.39, 0.29) is 0 Å². The molecule has 2 aromatic carbocycles. The molecule has 0 aliphatic heterocycles. The monoisotopic (exact) mass is 242 g/mol. The Morgan fingerprint density at radius 3 is 2.11 bits per heavy atom. The Morgan fingerprint density at radius 2 is 1.56 bits per heavy atom. The zero-order valence-corrected chi connectivity index (χ0v) is 11.9. The van der Waals surface area contributed by atoms with Crippen molar-refractivity contribution in [2.24, 2.45) is 0 Å². The molecule has 2 rings (SSSR count). The van der Waals surface area contributed by atoms with Crippen LogP contribution in [-0.4, -0.2) is 7.11 Å². The van der Waals surface area contributed by atoms with E-state index in [1.54, 1.807) is 7.11 Å². The number of fused-ring (bicyclic) bond motifs is 1. The van der Waals surface area contributed by atoms with Crippen LogP contribution >= 0.6 is 0 Å². The van der Waals surface area contributed by atoms with Gasteiger partial charge in [0.2, 0.25) is 0 Å². The summed E-state index contributed by atoms with van der Waals surface area (Å²) in [5, 5.41) is 2.56. The molecule has 0 saturated heterocycles. The molecule has 0 fully saturated rings. The fraction of sp³-hybridized carbons (Fsp3) is 0.412. The molecule has 0 aromatic heterocycles. The smallest absolute Gasteiger partial charge is 0.122 e. The molecule has 0 aliphatic carbocycles. The summed E-state index contributed by atoms with van der Waals surface area (Å²) < 4.78 is 5.49. The van der Waals surface area contributed by atoms with Crippen LogP contribution in [0.5, 0.6) is 5.75 Å². The molecule has 0 N–H and O–H groups in total. The summed E-state index contributed by atoms with van der Waals surface area (Å²) in [6.45, 7) is 8.87. The molecule has 0 radical (unpaired) electrons. The van der Waals surface area contributed by atoms with E-state index in [4.69, 9.17) is 4.74 Å². The first-order chi connectivity index (χ1) is 8.52. The summed E-state index contributed by atoms with van der Waals surface area (Å²) in [7, 11) is 1.75. The van der Waals surface area contributed by atoms with Gasteiger partial charge in [0.05, 0.1) is 7.11 Å². The maximum absolute atomic E-state index is 5.49. The molecular weight excluding hydrogens is 220 g/mol. The summed E-state index contributed by atoms with van der Waals surface area (Å²) in [4.78, 5) is 0. The summed E-state index contributed by atoms with van der Waals surface area (Å²) in [5.74, 6) is 2.04. The van der Waals surface area contributed by atoms with Crippen LogP contribution in [0.2, 0.25) is 0 Å². The van der Waals surface area contributed by atoms with Crippen LogP contribution in [0.1, 0.15) is 50.7 Å². The van der Waals surface area contributed by atoms with E-state index in [0.717, 1.165) is 5.75 Å². The van der Waals surface area contributed by atoms with Crippen molar-refractivity contribution in [2.45, 2.75) is 39.5 Å². The van der Waals surface area contributed by atoms with E-state index >= 15 is 0 Å². The molecular formula is C17H22O. The van der Waals surface area contributed by atoms with Gasteiger partial charge in [0.15, 0.2) is 0 Å². The second kappa shape index (κ2) is 5.01. The van der Waals surface area contributed by atoms with Crippen LogP contribution in [0.4, 0.5) is 0 Å². The standard InChI is InChI=1S/C17H22O/c1-11(2)13-6-7-14-10-17(18-5)16(12(3)4)9-15(14)8-13/h6-12H,1-5H3. The van der Waals surface area contributed by atoms with Crippen molar-refractivity contribution in [3.63, 3.8) is 0 Å². The first-order valence-corrected chi connectivity index (χ1v) is 6.64. The third-order valence-corrected chi connectivity index (χ3v) is 3.50. The zero-order chi connectivity index (χ0) is 13.3. The lowest BCUT2D eigenvalue weighted by Crippen LogP contribution is -1.95. The molecule has 0 heterocycles. The van der Waals surface area contributed by atoms with Crippen molar-refractivity contribution in [3.8, 4) is 5.75 Å². The highest BCUT2D eigenvalue weighted by atomic mass is 16.5. The highest BCUT2D eigenvalue weighted by molar-refractivity contribution is 5.86. The average Bonchev–Trinajstić information content (AvgIpc) is 2.36. The van der Waals surface area contributed by atoms with Gasteiger partial charge in [-0.25, -0.2) is 0 Å². The SMILES string of the molecule is COc1cc2ccc(C(C)C)cc2cc1C(C)C. The minimum Gasteiger partial charge on any atom is -0.496 e. The number of hydrogen-bond acceptors (Lipinski definition) is 1. The maximum atomic E-state index is 5.49. The Kier molecular flexibility index (Phi) is 3.60. The number of methoxy groups -OCH3 is 1. The van der Waals surface area contributed by atoms with Crippen LogP contribution in [0.3, 0.4) is 0 Å². The van der Waals surface area contributed by atoms with E-state index < -0.39 is 0 Å². The molecule has 96 valence electrons. The third-order valence-electron chi connectivity index (χ3n) is 3.50. The van der Waals surface area contributed by atoms with Crippen molar-refractivity contribution in [1.29, 1.82) is 0 Å². The van der Waals surface area contributed by atoms with Gasteiger partial charge in [-0.05, 0) is 45.9 Å². The van der Waals surface area contributed by atoms with Gasteiger partial charge in [0.25, 0.3) is 0 Å². The van der Waals surface area contributed by atoms with Crippen molar-refractivity contribution in [2.75, 3.05) is 7.11 Å². The molecule has 2 aromatic rings. The third kappa shape index (κ3) is 2.35. The number of benzene rings is 2. The minimum atomic E-state index is 0.479. The van der Waals surface area contributed by atoms with Crippen LogP contribution in [-0.2, 0) is 0 Å². The topological polar surface area (TPSA) is 9.23 Å². The van der Waals surface area contributed by atoms with Crippen LogP contribution in [0.15, 0.2) is 30.3 Å². The van der Waals surface area contributed by atoms with Crippen LogP contribution in [0, 0.1) is 0 Å². The molecule has 18 heavy (non-hydrogen) atoms. The molecule has 0 spiro atoms. The first-order valence-electron chi connectivity index (χ1n) is 6.64. The Bertz CT molecular complexity index is 553. The molecule has 0 saturated carbocycles. The Labute approximate surface area is 110 Å². The Balaban J connectivity index is 2.64. The van der Waals surface area contributed by atoms with Gasteiger partial charge in [0.1, 0.15) is 5.75 Å². The molecule has 0 atom stereocenters. The summed E-state index contributed by atoms with van der Waals surface area (Å²) in [6.07, 6.45) is 0. The van der Waals surface area contributed by atoms with Crippen molar-refractivity contribution in [3.05, 3.63) is 41.5 Å². The van der Waals surface area contributed by atoms with Crippen molar-refractivity contribution >= 4 is 10.8 Å². The van der Waals surface area contributed by atoms with Crippen LogP contribution in [0.25, 0.3) is 10.8 Å². The lowest BCUT2D eigenvalue weighted by atomic mass is 9.94. The van der Waals surface area contributed by atoms with Gasteiger partial charge in [-0.2, -0.15) is 0 Å². The lowest BCUT2D eigenvalue weighted by Gasteiger charge is -2.14. The number of hydrogen-bond donors (Lipinski definition) is 0. The number of rotatable bonds is 3. The highest BCUT2D eigenvalue weighted by Gasteiger charge is 2.10. The quantitative estimate of drug-likeness (QED) is 0.728. The summed E-state index contributed by atoms with van der Waals surface area (Å²) in [6, 6.07) is 11.1. The van der Waals surface area contributed by atoms with Crippen molar-refractivity contribution in [1.82, 2.24) is 0 Å². The molecule has 1 heteroatoms. The van der Waals surface area contributed by atoms with Crippen LogP contribution < -0.4 is 4.74 Å². The van der Waals surface area contributed by atoms with Crippen molar-refractivity contribution < 1.29 is 4.74 Å². The van der Waals surface area contributed by atoms with Gasteiger partial charge >= 0.3 is 0 Å². The predicted molar refractivity (Wildman–Crippen MR) is 78.7 cm³/mol. The fourth-order valence-corrected chi connectivity index (χ4v) is 2.30. The zero-order valence-electron chi connectivity index (χ0n) is 11.9. The average molecular weight is 242 g/mol. The summed E-state index contributed by atoms with van der Waals surface area (Å²) in [5.41, 5.74) is 2.67. The minimum absolute atomic E-state index is 0.479. The largest absolute Gasteiger partial charge is 0.496 e. The van der Waals surface area contributed by atoms with E-state index in [9.17, 15) is 0 Å². The molecule has 0 aliphatic rings. The maximum Gasteiger partial charge on any atom is 0.122 e. The van der Waals surface area contributed by atoms with Gasteiger partial charge in [-0.1, -0.05) is 45.9 Å². The van der Waals surface area contributed by atoms with E-state index in [0.29, 0.717) is 11.8 Å². The summed E-state index contributed by atoms with van der Waals surface area (Å²) >= 11 is 0. The van der Waals surface area contributed by atoms with Gasteiger partial charge in [-0.15, -0.1) is 0 Å². The molecule has 0 unspecified atom stereocenters. The lowest BCUT2D eigenvalue weighted by molar-refractivity contribution is 0.408. The number of ether oxygens (including phenoxy) is 1. The normalized spacial score (nSPS) is 11.5. The van der Waals surface area contributed by atoms with E-state index in [1.807, 2.05) is 0 Å². The molecule has 1 nitrogen and oxygen atoms in total. The highest BCUT2D eigenvalue weighted by Crippen LogP contribution is 2.32. The van der Waals surface area contributed by atoms with Gasteiger partial charge < -0.3 is 4.74 Å². The fourth-order valence-electron chi connectivity index (χ4n) is 2.30. The first kappa shape index (κ1) is 12.9. The molecule has 0 amide bonds. The Hall–Kier alpha value is -1.50. The van der Waals surface area contributed by atoms with Gasteiger partial charge in [-0.3, -0.25) is 0 Å².